The minimum atomic E-state index is -0.249. The average Bonchev–Trinajstić information content (AvgIpc) is 3.11. The van der Waals surface area contributed by atoms with Gasteiger partial charge in [-0.2, -0.15) is 0 Å². The van der Waals surface area contributed by atoms with Crippen molar-refractivity contribution < 1.29 is 9.53 Å². The highest BCUT2D eigenvalue weighted by Crippen LogP contribution is 2.32. The fraction of sp³-hybridized carbons (Fsp3) is 0.250. The van der Waals surface area contributed by atoms with E-state index in [1.165, 1.54) is 34.2 Å². The Hall–Kier alpha value is -2.38. The second-order valence-electron chi connectivity index (χ2n) is 6.15. The van der Waals surface area contributed by atoms with Crippen molar-refractivity contribution in [3.8, 4) is 5.75 Å². The number of nitrogens with zero attached hydrogens (tertiary/aromatic N) is 2. The zero-order chi connectivity index (χ0) is 19.4. The summed E-state index contributed by atoms with van der Waals surface area (Å²) in [5.41, 5.74) is 4.11. The summed E-state index contributed by atoms with van der Waals surface area (Å²) in [6.45, 7) is 6.05. The molecule has 1 atom stereocenters. The Morgan fingerprint density at radius 1 is 1.11 bits per heavy atom. The summed E-state index contributed by atoms with van der Waals surface area (Å²) in [7, 11) is 1.61. The van der Waals surface area contributed by atoms with E-state index in [0.717, 1.165) is 15.8 Å². The fourth-order valence-corrected chi connectivity index (χ4v) is 4.44. The second kappa shape index (κ2) is 8.54. The number of aryl methyl sites for hydroxylation is 2. The van der Waals surface area contributed by atoms with Crippen molar-refractivity contribution in [3.63, 3.8) is 0 Å². The molecule has 0 spiro atoms. The number of rotatable bonds is 7. The molecule has 0 unspecified atom stereocenters. The van der Waals surface area contributed by atoms with Gasteiger partial charge in [-0.25, -0.2) is 0 Å². The van der Waals surface area contributed by atoms with Crippen molar-refractivity contribution in [2.75, 3.05) is 12.4 Å². The summed E-state index contributed by atoms with van der Waals surface area (Å²) < 4.78 is 5.89. The Bertz CT molecular complexity index is 939. The lowest BCUT2D eigenvalue weighted by atomic mass is 10.1. The lowest BCUT2D eigenvalue weighted by Gasteiger charge is -2.08. The summed E-state index contributed by atoms with van der Waals surface area (Å²) in [5.74, 6) is 0.791. The maximum atomic E-state index is 12.6. The van der Waals surface area contributed by atoms with E-state index in [2.05, 4.69) is 41.5 Å². The third-order valence-corrected chi connectivity index (χ3v) is 6.21. The molecule has 2 aromatic carbocycles. The summed E-state index contributed by atoms with van der Waals surface area (Å²) in [5, 5.41) is 12.1. The monoisotopic (exact) mass is 399 g/mol. The number of anilines is 2. The number of ketones is 1. The number of carbonyl (C=O) groups excluding carboxylic acids is 1. The molecule has 7 heteroatoms. The lowest BCUT2D eigenvalue weighted by Crippen LogP contribution is -2.13. The van der Waals surface area contributed by atoms with Crippen LogP contribution in [0.3, 0.4) is 0 Å². The molecular formula is C20H21N3O2S2. The number of thioether (sulfide) groups is 1. The van der Waals surface area contributed by atoms with E-state index in [-0.39, 0.29) is 11.0 Å². The highest BCUT2D eigenvalue weighted by molar-refractivity contribution is 8.02. The number of ether oxygens (including phenoxy) is 1. The first-order valence-corrected chi connectivity index (χ1v) is 10.2. The summed E-state index contributed by atoms with van der Waals surface area (Å²) in [6.07, 6.45) is 0. The predicted octanol–water partition coefficient (Wildman–Crippen LogP) is 5.27. The maximum Gasteiger partial charge on any atom is 0.210 e. The van der Waals surface area contributed by atoms with Crippen LogP contribution < -0.4 is 10.1 Å². The zero-order valence-corrected chi connectivity index (χ0v) is 17.3. The zero-order valence-electron chi connectivity index (χ0n) is 15.6. The number of carbonyl (C=O) groups is 1. The third kappa shape index (κ3) is 4.87. The topological polar surface area (TPSA) is 64.1 Å². The quantitative estimate of drug-likeness (QED) is 0.431. The number of nitrogens with one attached hydrogen (secondary N) is 1. The first kappa shape index (κ1) is 19.4. The Morgan fingerprint density at radius 3 is 2.52 bits per heavy atom. The minimum Gasteiger partial charge on any atom is -0.497 e. The number of hydrogen-bond acceptors (Lipinski definition) is 7. The normalized spacial score (nSPS) is 11.9. The van der Waals surface area contributed by atoms with Gasteiger partial charge in [0.05, 0.1) is 12.4 Å². The van der Waals surface area contributed by atoms with Gasteiger partial charge in [-0.05, 0) is 68.3 Å². The van der Waals surface area contributed by atoms with E-state index in [1.807, 2.05) is 13.0 Å². The van der Waals surface area contributed by atoms with Crippen molar-refractivity contribution in [3.05, 3.63) is 59.2 Å². The lowest BCUT2D eigenvalue weighted by molar-refractivity contribution is 0.0994. The van der Waals surface area contributed by atoms with Gasteiger partial charge in [0, 0.05) is 11.3 Å². The Balaban J connectivity index is 1.63. The molecule has 0 aliphatic heterocycles. The number of methoxy groups -OCH3 is 1. The van der Waals surface area contributed by atoms with Crippen LogP contribution in [0.1, 0.15) is 28.4 Å². The van der Waals surface area contributed by atoms with Gasteiger partial charge in [0.15, 0.2) is 10.1 Å². The van der Waals surface area contributed by atoms with Gasteiger partial charge in [0.25, 0.3) is 0 Å². The van der Waals surface area contributed by atoms with Crippen molar-refractivity contribution in [1.82, 2.24) is 10.2 Å². The van der Waals surface area contributed by atoms with E-state index < -0.39 is 0 Å². The Kier molecular flexibility index (Phi) is 6.13. The van der Waals surface area contributed by atoms with Crippen LogP contribution in [0.25, 0.3) is 0 Å². The third-order valence-electron chi connectivity index (χ3n) is 4.19. The van der Waals surface area contributed by atoms with Crippen molar-refractivity contribution in [2.45, 2.75) is 30.4 Å². The first-order valence-electron chi connectivity index (χ1n) is 8.49. The van der Waals surface area contributed by atoms with Crippen LogP contribution in [0.4, 0.5) is 10.8 Å². The van der Waals surface area contributed by atoms with E-state index in [9.17, 15) is 4.79 Å². The predicted molar refractivity (Wildman–Crippen MR) is 112 cm³/mol. The summed E-state index contributed by atoms with van der Waals surface area (Å²) in [4.78, 5) is 12.6. The van der Waals surface area contributed by atoms with Crippen LogP contribution in [0, 0.1) is 13.8 Å². The Morgan fingerprint density at radius 2 is 1.85 bits per heavy atom. The molecule has 0 aliphatic carbocycles. The van der Waals surface area contributed by atoms with Crippen molar-refractivity contribution in [1.29, 1.82) is 0 Å². The molecule has 0 saturated carbocycles. The molecule has 0 aliphatic rings. The summed E-state index contributed by atoms with van der Waals surface area (Å²) >= 11 is 2.86. The van der Waals surface area contributed by atoms with Crippen LogP contribution in [-0.4, -0.2) is 28.3 Å². The number of hydrogen-bond donors (Lipinski definition) is 1. The molecule has 0 bridgehead atoms. The standard InChI is InChI=1S/C20H21N3O2S2/c1-12-5-8-16(11-13(12)2)21-19-22-23-20(27-19)26-14(3)18(24)15-6-9-17(25-4)10-7-15/h5-11,14H,1-4H3,(H,21,22)/t14-/m1/s1. The van der Waals surface area contributed by atoms with Gasteiger partial charge in [-0.3, -0.25) is 4.79 Å². The number of aromatic nitrogens is 2. The molecule has 0 fully saturated rings. The molecule has 5 nitrogen and oxygen atoms in total. The Labute approximate surface area is 167 Å². The molecule has 0 amide bonds. The molecule has 0 saturated heterocycles. The van der Waals surface area contributed by atoms with Gasteiger partial charge < -0.3 is 10.1 Å². The highest BCUT2D eigenvalue weighted by Gasteiger charge is 2.19. The number of Topliss-reactive ketones (excluding diaryl/α,β-unsaturated/α-hetero) is 1. The molecule has 1 heterocycles. The maximum absolute atomic E-state index is 12.6. The van der Waals surface area contributed by atoms with E-state index >= 15 is 0 Å². The molecular weight excluding hydrogens is 378 g/mol. The fourth-order valence-electron chi connectivity index (χ4n) is 2.45. The largest absolute Gasteiger partial charge is 0.497 e. The second-order valence-corrected chi connectivity index (χ2v) is 8.72. The van der Waals surface area contributed by atoms with Gasteiger partial charge in [-0.15, -0.1) is 10.2 Å². The van der Waals surface area contributed by atoms with E-state index in [4.69, 9.17) is 4.74 Å². The summed E-state index contributed by atoms with van der Waals surface area (Å²) in [6, 6.07) is 13.3. The molecule has 3 aromatic rings. The van der Waals surface area contributed by atoms with Crippen LogP contribution in [0.5, 0.6) is 5.75 Å². The van der Waals surface area contributed by atoms with Gasteiger partial charge in [0.2, 0.25) is 5.13 Å². The van der Waals surface area contributed by atoms with E-state index in [0.29, 0.717) is 10.7 Å². The van der Waals surface area contributed by atoms with Gasteiger partial charge >= 0.3 is 0 Å². The van der Waals surface area contributed by atoms with Crippen LogP contribution >= 0.6 is 23.1 Å². The van der Waals surface area contributed by atoms with E-state index in [1.54, 1.807) is 31.4 Å². The van der Waals surface area contributed by atoms with Crippen LogP contribution in [0.15, 0.2) is 46.8 Å². The van der Waals surface area contributed by atoms with Crippen molar-refractivity contribution >= 4 is 39.7 Å². The number of benzene rings is 2. The minimum absolute atomic E-state index is 0.0570. The van der Waals surface area contributed by atoms with Crippen molar-refractivity contribution in [2.24, 2.45) is 0 Å². The smallest absolute Gasteiger partial charge is 0.210 e. The van der Waals surface area contributed by atoms with Gasteiger partial charge in [-0.1, -0.05) is 29.2 Å². The SMILES string of the molecule is COc1ccc(C(=O)[C@@H](C)Sc2nnc(Nc3ccc(C)c(C)c3)s2)cc1. The molecule has 27 heavy (non-hydrogen) atoms. The van der Waals surface area contributed by atoms with Gasteiger partial charge in [0.1, 0.15) is 5.75 Å². The first-order chi connectivity index (χ1) is 13.0. The van der Waals surface area contributed by atoms with Crippen LogP contribution in [0.2, 0.25) is 0 Å². The highest BCUT2D eigenvalue weighted by atomic mass is 32.2. The molecule has 3 rings (SSSR count). The molecule has 0 radical (unpaired) electrons. The molecule has 1 aromatic heterocycles. The average molecular weight is 400 g/mol. The molecule has 140 valence electrons. The molecule has 1 N–H and O–H groups in total. The van der Waals surface area contributed by atoms with Crippen LogP contribution in [-0.2, 0) is 0 Å².